The molecule has 3 rings (SSSR count). The lowest BCUT2D eigenvalue weighted by Gasteiger charge is -2.13. The number of anilines is 1. The predicted molar refractivity (Wildman–Crippen MR) is 93.6 cm³/mol. The molecule has 0 aliphatic carbocycles. The molecule has 7 heteroatoms. The van der Waals surface area contributed by atoms with E-state index in [9.17, 15) is 13.2 Å². The molecule has 1 aliphatic heterocycles. The molecule has 0 radical (unpaired) electrons. The molecular formula is C18H21ClF3N3. The van der Waals surface area contributed by atoms with Crippen molar-refractivity contribution in [2.75, 3.05) is 11.9 Å². The molecule has 1 N–H and O–H groups in total. The maximum absolute atomic E-state index is 13.1. The summed E-state index contributed by atoms with van der Waals surface area (Å²) in [6.45, 7) is 2.89. The minimum atomic E-state index is -4.41. The summed E-state index contributed by atoms with van der Waals surface area (Å²) < 4.78 is 40.9. The number of nitrogens with one attached hydrogen (secondary N) is 1. The van der Waals surface area contributed by atoms with Crippen LogP contribution in [-0.4, -0.2) is 16.3 Å². The van der Waals surface area contributed by atoms with Gasteiger partial charge in [0.1, 0.15) is 5.82 Å². The lowest BCUT2D eigenvalue weighted by Crippen LogP contribution is -2.10. The van der Waals surface area contributed by atoms with Crippen molar-refractivity contribution < 1.29 is 13.2 Å². The number of halogens is 4. The van der Waals surface area contributed by atoms with E-state index >= 15 is 0 Å². The van der Waals surface area contributed by atoms with E-state index in [0.717, 1.165) is 74.3 Å². The zero-order valence-electron chi connectivity index (χ0n) is 14.1. The number of rotatable bonds is 4. The standard InChI is InChI=1S/C18H21ClF3N3/c1-2-3-7-15-13-6-4-5-10-23-17(13)25(24-15)16-11-12(18(20,21)22)8-9-14(16)19/h8-9,11,23H,2-7,10H2,1H3. The van der Waals surface area contributed by atoms with E-state index in [0.29, 0.717) is 0 Å². The fourth-order valence-corrected chi connectivity index (χ4v) is 3.34. The van der Waals surface area contributed by atoms with Crippen molar-refractivity contribution in [1.29, 1.82) is 0 Å². The summed E-state index contributed by atoms with van der Waals surface area (Å²) in [5, 5.41) is 8.22. The summed E-state index contributed by atoms with van der Waals surface area (Å²) in [6.07, 6.45) is 1.41. The van der Waals surface area contributed by atoms with Gasteiger partial charge in [0.25, 0.3) is 0 Å². The summed E-state index contributed by atoms with van der Waals surface area (Å²) >= 11 is 6.22. The summed E-state index contributed by atoms with van der Waals surface area (Å²) in [5.74, 6) is 0.782. The minimum absolute atomic E-state index is 0.256. The third-order valence-corrected chi connectivity index (χ3v) is 4.80. The number of fused-ring (bicyclic) bond motifs is 1. The summed E-state index contributed by atoms with van der Waals surface area (Å²) in [7, 11) is 0. The van der Waals surface area contributed by atoms with Crippen molar-refractivity contribution in [2.45, 2.75) is 51.6 Å². The summed E-state index contributed by atoms with van der Waals surface area (Å²) in [6, 6.07) is 3.36. The van der Waals surface area contributed by atoms with Gasteiger partial charge in [0.15, 0.2) is 0 Å². The van der Waals surface area contributed by atoms with Crippen LogP contribution in [0.25, 0.3) is 5.69 Å². The average Bonchev–Trinajstić information content (AvgIpc) is 2.74. The van der Waals surface area contributed by atoms with Gasteiger partial charge in [-0.3, -0.25) is 0 Å². The highest BCUT2D eigenvalue weighted by Gasteiger charge is 2.32. The second-order valence-corrected chi connectivity index (χ2v) is 6.74. The van der Waals surface area contributed by atoms with Crippen LogP contribution in [0, 0.1) is 0 Å². The zero-order valence-corrected chi connectivity index (χ0v) is 14.8. The molecular weight excluding hydrogens is 351 g/mol. The molecule has 136 valence electrons. The smallest absolute Gasteiger partial charge is 0.370 e. The third-order valence-electron chi connectivity index (χ3n) is 4.48. The van der Waals surface area contributed by atoms with Gasteiger partial charge < -0.3 is 5.32 Å². The van der Waals surface area contributed by atoms with Gasteiger partial charge in [-0.1, -0.05) is 24.9 Å². The Balaban J connectivity index is 2.12. The Labute approximate surface area is 150 Å². The van der Waals surface area contributed by atoms with Crippen molar-refractivity contribution in [3.63, 3.8) is 0 Å². The van der Waals surface area contributed by atoms with Crippen LogP contribution in [0.4, 0.5) is 19.0 Å². The fraction of sp³-hybridized carbons (Fsp3) is 0.500. The molecule has 0 bridgehead atoms. The lowest BCUT2D eigenvalue weighted by atomic mass is 10.1. The van der Waals surface area contributed by atoms with Crippen LogP contribution < -0.4 is 5.32 Å². The van der Waals surface area contributed by atoms with E-state index in [1.165, 1.54) is 6.07 Å². The molecule has 2 aromatic rings. The fourth-order valence-electron chi connectivity index (χ4n) is 3.14. The Kier molecular flexibility index (Phi) is 5.27. The number of benzene rings is 1. The average molecular weight is 372 g/mol. The first kappa shape index (κ1) is 18.1. The van der Waals surface area contributed by atoms with Crippen LogP contribution in [0.1, 0.15) is 49.4 Å². The number of nitrogens with zero attached hydrogens (tertiary/aromatic N) is 2. The van der Waals surface area contributed by atoms with Gasteiger partial charge in [0.05, 0.1) is 22.0 Å². The molecule has 1 aliphatic rings. The number of alkyl halides is 3. The van der Waals surface area contributed by atoms with Crippen molar-refractivity contribution >= 4 is 17.4 Å². The molecule has 2 heterocycles. The molecule has 0 spiro atoms. The number of aryl methyl sites for hydroxylation is 1. The minimum Gasteiger partial charge on any atom is -0.370 e. The van der Waals surface area contributed by atoms with E-state index in [2.05, 4.69) is 17.3 Å². The van der Waals surface area contributed by atoms with Gasteiger partial charge in [-0.25, -0.2) is 4.68 Å². The number of aromatic nitrogens is 2. The molecule has 0 unspecified atom stereocenters. The quantitative estimate of drug-likeness (QED) is 0.754. The Bertz CT molecular complexity index is 753. The summed E-state index contributed by atoms with van der Waals surface area (Å²) in [5.41, 5.74) is 1.61. The van der Waals surface area contributed by atoms with E-state index in [1.54, 1.807) is 4.68 Å². The largest absolute Gasteiger partial charge is 0.416 e. The molecule has 0 saturated carbocycles. The van der Waals surface area contributed by atoms with Crippen molar-refractivity contribution in [1.82, 2.24) is 9.78 Å². The normalized spacial score (nSPS) is 14.8. The van der Waals surface area contributed by atoms with Gasteiger partial charge in [-0.05, 0) is 50.3 Å². The predicted octanol–water partition coefficient (Wildman–Crippen LogP) is 5.64. The van der Waals surface area contributed by atoms with E-state index < -0.39 is 11.7 Å². The first-order valence-electron chi connectivity index (χ1n) is 8.63. The maximum Gasteiger partial charge on any atom is 0.416 e. The van der Waals surface area contributed by atoms with Gasteiger partial charge in [-0.2, -0.15) is 18.3 Å². The molecule has 0 amide bonds. The monoisotopic (exact) mass is 371 g/mol. The molecule has 0 atom stereocenters. The van der Waals surface area contributed by atoms with Crippen molar-refractivity contribution in [3.05, 3.63) is 40.0 Å². The third kappa shape index (κ3) is 3.78. The molecule has 1 aromatic carbocycles. The SMILES string of the molecule is CCCCc1nn(-c2cc(C(F)(F)F)ccc2Cl)c2c1CCCCN2. The van der Waals surface area contributed by atoms with Crippen LogP contribution in [0.5, 0.6) is 0 Å². The van der Waals surface area contributed by atoms with E-state index in [1.807, 2.05) is 0 Å². The van der Waals surface area contributed by atoms with Crippen LogP contribution in [0.3, 0.4) is 0 Å². The van der Waals surface area contributed by atoms with Crippen LogP contribution in [0.2, 0.25) is 5.02 Å². The Morgan fingerprint density at radius 1 is 1.28 bits per heavy atom. The highest BCUT2D eigenvalue weighted by atomic mass is 35.5. The maximum atomic E-state index is 13.1. The van der Waals surface area contributed by atoms with E-state index in [4.69, 9.17) is 11.6 Å². The Hall–Kier alpha value is -1.69. The van der Waals surface area contributed by atoms with Gasteiger partial charge in [0, 0.05) is 12.1 Å². The topological polar surface area (TPSA) is 29.9 Å². The van der Waals surface area contributed by atoms with Gasteiger partial charge in [-0.15, -0.1) is 0 Å². The van der Waals surface area contributed by atoms with Crippen molar-refractivity contribution in [2.24, 2.45) is 0 Å². The van der Waals surface area contributed by atoms with Crippen LogP contribution in [0.15, 0.2) is 18.2 Å². The zero-order chi connectivity index (χ0) is 18.0. The molecule has 25 heavy (non-hydrogen) atoms. The van der Waals surface area contributed by atoms with Crippen molar-refractivity contribution in [3.8, 4) is 5.69 Å². The Morgan fingerprint density at radius 2 is 2.08 bits per heavy atom. The first-order chi connectivity index (χ1) is 11.9. The summed E-state index contributed by atoms with van der Waals surface area (Å²) in [4.78, 5) is 0. The second kappa shape index (κ2) is 7.28. The van der Waals surface area contributed by atoms with Crippen LogP contribution >= 0.6 is 11.6 Å². The Morgan fingerprint density at radius 3 is 2.80 bits per heavy atom. The molecule has 1 aromatic heterocycles. The highest BCUT2D eigenvalue weighted by molar-refractivity contribution is 6.32. The second-order valence-electron chi connectivity index (χ2n) is 6.34. The van der Waals surface area contributed by atoms with Gasteiger partial charge >= 0.3 is 6.18 Å². The highest BCUT2D eigenvalue weighted by Crippen LogP contribution is 2.36. The number of hydrogen-bond donors (Lipinski definition) is 1. The first-order valence-corrected chi connectivity index (χ1v) is 9.01. The van der Waals surface area contributed by atoms with Crippen LogP contribution in [-0.2, 0) is 19.0 Å². The lowest BCUT2D eigenvalue weighted by molar-refractivity contribution is -0.137. The van der Waals surface area contributed by atoms with Gasteiger partial charge in [0.2, 0.25) is 0 Å². The molecule has 0 fully saturated rings. The number of hydrogen-bond acceptors (Lipinski definition) is 2. The molecule has 3 nitrogen and oxygen atoms in total. The van der Waals surface area contributed by atoms with E-state index in [-0.39, 0.29) is 10.7 Å². The number of unbranched alkanes of at least 4 members (excludes halogenated alkanes) is 1. The molecule has 0 saturated heterocycles.